The van der Waals surface area contributed by atoms with E-state index in [2.05, 4.69) is 26.7 Å². The van der Waals surface area contributed by atoms with Crippen molar-refractivity contribution < 1.29 is 29.8 Å². The lowest BCUT2D eigenvalue weighted by atomic mass is 9.87. The number of hydrogen-bond acceptors (Lipinski definition) is 11. The monoisotopic (exact) mass is 676 g/mol. The number of benzene rings is 2. The van der Waals surface area contributed by atoms with Gasteiger partial charge in [-0.15, -0.1) is 11.3 Å². The minimum absolute atomic E-state index is 0.0351. The summed E-state index contributed by atoms with van der Waals surface area (Å²) in [6.45, 7) is 6.32. The highest BCUT2D eigenvalue weighted by Gasteiger charge is 2.33. The first-order valence-electron chi connectivity index (χ1n) is 15.6. The highest BCUT2D eigenvalue weighted by molar-refractivity contribution is 7.12. The van der Waals surface area contributed by atoms with Gasteiger partial charge in [0.1, 0.15) is 18.4 Å². The Morgan fingerprint density at radius 3 is 2.27 bits per heavy atom. The number of pyridine rings is 1. The van der Waals surface area contributed by atoms with Crippen LogP contribution in [0.3, 0.4) is 0 Å². The van der Waals surface area contributed by atoms with Crippen molar-refractivity contribution >= 4 is 23.2 Å². The summed E-state index contributed by atoms with van der Waals surface area (Å²) in [4.78, 5) is 30.3. The first-order valence-corrected chi connectivity index (χ1v) is 16.5. The second-order valence-corrected chi connectivity index (χ2v) is 13.4. The Labute approximate surface area is 284 Å². The summed E-state index contributed by atoms with van der Waals surface area (Å²) in [5.74, 6) is 0.00490. The van der Waals surface area contributed by atoms with Gasteiger partial charge in [0.05, 0.1) is 29.3 Å². The summed E-state index contributed by atoms with van der Waals surface area (Å²) >= 11 is 1.38. The topological polar surface area (TPSA) is 168 Å². The van der Waals surface area contributed by atoms with E-state index in [4.69, 9.17) is 4.74 Å². The van der Waals surface area contributed by atoms with E-state index in [0.717, 1.165) is 22.4 Å². The summed E-state index contributed by atoms with van der Waals surface area (Å²) in [5.41, 5.74) is 10.0. The molecule has 4 rings (SSSR count). The van der Waals surface area contributed by atoms with E-state index in [1.807, 2.05) is 86.8 Å². The quantitative estimate of drug-likeness (QED) is 0.0646. The van der Waals surface area contributed by atoms with Crippen molar-refractivity contribution in [1.29, 1.82) is 0 Å². The molecule has 12 nitrogen and oxygen atoms in total. The molecule has 256 valence electrons. The van der Waals surface area contributed by atoms with Crippen LogP contribution in [0.15, 0.2) is 90.4 Å². The summed E-state index contributed by atoms with van der Waals surface area (Å²) < 4.78 is 5.74. The van der Waals surface area contributed by atoms with Gasteiger partial charge in [-0.05, 0) is 58.7 Å². The Balaban J connectivity index is 1.37. The van der Waals surface area contributed by atoms with Crippen molar-refractivity contribution in [3.8, 4) is 17.0 Å². The molecule has 3 unspecified atom stereocenters. The number of thiophene rings is 1. The van der Waals surface area contributed by atoms with Crippen molar-refractivity contribution in [2.75, 3.05) is 19.7 Å². The van der Waals surface area contributed by atoms with Crippen molar-refractivity contribution in [1.82, 2.24) is 31.7 Å². The maximum Gasteiger partial charge on any atom is 0.261 e. The van der Waals surface area contributed by atoms with Crippen LogP contribution in [0.4, 0.5) is 0 Å². The number of nitrogens with one attached hydrogen (secondary N) is 4. The summed E-state index contributed by atoms with van der Waals surface area (Å²) in [7, 11) is 0. The summed E-state index contributed by atoms with van der Waals surface area (Å²) in [6.07, 6.45) is 0.896. The molecule has 2 heterocycles. The Bertz CT molecular complexity index is 1550. The van der Waals surface area contributed by atoms with Gasteiger partial charge >= 0.3 is 0 Å². The molecule has 0 aliphatic rings. The molecule has 13 heteroatoms. The lowest BCUT2D eigenvalue weighted by molar-refractivity contribution is -0.135. The molecule has 0 aliphatic carbocycles. The van der Waals surface area contributed by atoms with Crippen LogP contribution in [0.25, 0.3) is 11.3 Å². The normalized spacial score (nSPS) is 13.5. The van der Waals surface area contributed by atoms with E-state index < -0.39 is 29.5 Å². The van der Waals surface area contributed by atoms with Crippen LogP contribution in [-0.2, 0) is 17.8 Å². The number of nitrogens with zero attached hydrogens (tertiary/aromatic N) is 2. The minimum Gasteiger partial charge on any atom is -0.492 e. The van der Waals surface area contributed by atoms with Gasteiger partial charge in [-0.3, -0.25) is 20.0 Å². The molecule has 3 atom stereocenters. The maximum absolute atomic E-state index is 13.2. The van der Waals surface area contributed by atoms with Gasteiger partial charge in [-0.2, -0.15) is 11.0 Å². The fourth-order valence-electron chi connectivity index (χ4n) is 4.98. The van der Waals surface area contributed by atoms with Gasteiger partial charge in [0.25, 0.3) is 11.8 Å². The van der Waals surface area contributed by atoms with E-state index >= 15 is 0 Å². The molecule has 2 aromatic carbocycles. The zero-order chi connectivity index (χ0) is 34.5. The van der Waals surface area contributed by atoms with Gasteiger partial charge in [0.2, 0.25) is 0 Å². The number of carbonyl (C=O) groups is 2. The van der Waals surface area contributed by atoms with Crippen LogP contribution >= 0.6 is 11.3 Å². The van der Waals surface area contributed by atoms with Gasteiger partial charge in [0.15, 0.2) is 0 Å². The third-order valence-electron chi connectivity index (χ3n) is 7.63. The molecule has 7 N–H and O–H groups in total. The molecular weight excluding hydrogens is 632 g/mol. The first kappa shape index (κ1) is 36.6. The molecule has 0 bridgehead atoms. The minimum atomic E-state index is -1.11. The number of rotatable bonds is 17. The standard InChI is InChI=1S/C35H44N6O6S/c1-35(2,3)32(40-46)34(44)38-41(22-25-9-13-26(14-10-25)28-7-4-5-17-36-28)23-30(42)29(39-45)21-24-11-15-27(16-12-24)47-19-18-37-33(43)31-8-6-20-48-31/h4-17,20,29-30,32,39-40,42,45-46H,18-19,21-23H2,1-3H3,(H,37,43)(H,38,44). The Hall–Kier alpha value is -4.21. The van der Waals surface area contributed by atoms with E-state index in [1.165, 1.54) is 11.3 Å². The predicted octanol–water partition coefficient (Wildman–Crippen LogP) is 3.80. The first-order chi connectivity index (χ1) is 23.1. The number of hydrazine groups is 1. The average Bonchev–Trinajstić information content (AvgIpc) is 3.62. The van der Waals surface area contributed by atoms with E-state index in [-0.39, 0.29) is 25.4 Å². The van der Waals surface area contributed by atoms with Gasteiger partial charge in [-0.1, -0.05) is 69.3 Å². The van der Waals surface area contributed by atoms with Crippen LogP contribution in [0.5, 0.6) is 5.75 Å². The Morgan fingerprint density at radius 1 is 0.938 bits per heavy atom. The molecule has 0 aliphatic heterocycles. The highest BCUT2D eigenvalue weighted by atomic mass is 32.1. The number of carbonyl (C=O) groups excluding carboxylic acids is 2. The average molecular weight is 677 g/mol. The fraction of sp³-hybridized carbons (Fsp3) is 0.343. The zero-order valence-corrected chi connectivity index (χ0v) is 28.1. The maximum atomic E-state index is 13.2. The van der Waals surface area contributed by atoms with Crippen LogP contribution in [0.1, 0.15) is 41.6 Å². The molecule has 0 saturated heterocycles. The van der Waals surface area contributed by atoms with E-state index in [9.17, 15) is 25.1 Å². The van der Waals surface area contributed by atoms with Crippen molar-refractivity contribution in [2.24, 2.45) is 5.41 Å². The van der Waals surface area contributed by atoms with Crippen molar-refractivity contribution in [2.45, 2.75) is 51.9 Å². The molecule has 0 fully saturated rings. The molecule has 4 aromatic rings. The molecule has 0 spiro atoms. The third kappa shape index (κ3) is 10.9. The Kier molecular flexibility index (Phi) is 13.6. The van der Waals surface area contributed by atoms with Crippen LogP contribution in [0, 0.1) is 5.41 Å². The number of ether oxygens (including phenoxy) is 1. The zero-order valence-electron chi connectivity index (χ0n) is 27.3. The summed E-state index contributed by atoms with van der Waals surface area (Å²) in [6, 6.07) is 22.5. The number of aliphatic hydroxyl groups excluding tert-OH is 1. The second-order valence-electron chi connectivity index (χ2n) is 12.4. The largest absolute Gasteiger partial charge is 0.492 e. The second kappa shape index (κ2) is 17.8. The van der Waals surface area contributed by atoms with Gasteiger partial charge < -0.3 is 25.6 Å². The molecule has 0 saturated carbocycles. The van der Waals surface area contributed by atoms with E-state index in [0.29, 0.717) is 23.8 Å². The molecule has 48 heavy (non-hydrogen) atoms. The molecule has 2 aromatic heterocycles. The lowest BCUT2D eigenvalue weighted by Crippen LogP contribution is -2.57. The smallest absolute Gasteiger partial charge is 0.261 e. The summed E-state index contributed by atoms with van der Waals surface area (Å²) in [5, 5.41) is 37.2. The molecule has 2 amide bonds. The van der Waals surface area contributed by atoms with E-state index in [1.54, 1.807) is 29.4 Å². The van der Waals surface area contributed by atoms with Gasteiger partial charge in [0, 0.05) is 24.8 Å². The van der Waals surface area contributed by atoms with Crippen LogP contribution in [0.2, 0.25) is 0 Å². The third-order valence-corrected chi connectivity index (χ3v) is 8.50. The fourth-order valence-corrected chi connectivity index (χ4v) is 5.62. The van der Waals surface area contributed by atoms with Crippen LogP contribution in [-0.4, -0.2) is 75.2 Å². The SMILES string of the molecule is CC(C)(C)C(NO)C(=O)NN(Cc1ccc(-c2ccccn2)cc1)CC(O)C(Cc1ccc(OCCNC(=O)c2cccs2)cc1)NO. The molecule has 0 radical (unpaired) electrons. The van der Waals surface area contributed by atoms with Crippen LogP contribution < -0.4 is 26.4 Å². The number of hydrogen-bond donors (Lipinski definition) is 7. The lowest BCUT2D eigenvalue weighted by Gasteiger charge is -2.33. The van der Waals surface area contributed by atoms with Crippen molar-refractivity contribution in [3.63, 3.8) is 0 Å². The number of amides is 2. The van der Waals surface area contributed by atoms with Gasteiger partial charge in [-0.25, -0.2) is 5.01 Å². The molecular formula is C35H44N6O6S. The number of hydroxylamine groups is 2. The number of aromatic nitrogens is 1. The predicted molar refractivity (Wildman–Crippen MR) is 183 cm³/mol. The number of aliphatic hydroxyl groups is 1. The van der Waals surface area contributed by atoms with Crippen molar-refractivity contribution in [3.05, 3.63) is 106 Å². The Morgan fingerprint density at radius 2 is 1.67 bits per heavy atom. The highest BCUT2D eigenvalue weighted by Crippen LogP contribution is 2.21.